The summed E-state index contributed by atoms with van der Waals surface area (Å²) in [6.07, 6.45) is 2.55. The van der Waals surface area contributed by atoms with E-state index in [4.69, 9.17) is 9.47 Å². The molecule has 3 aliphatic heterocycles. The van der Waals surface area contributed by atoms with Crippen LogP contribution in [0.4, 0.5) is 19.3 Å². The first-order chi connectivity index (χ1) is 18.9. The fourth-order valence-corrected chi connectivity index (χ4v) is 5.53. The van der Waals surface area contributed by atoms with E-state index in [1.54, 1.807) is 14.7 Å². The second kappa shape index (κ2) is 12.4. The quantitative estimate of drug-likeness (QED) is 0.574. The zero-order valence-electron chi connectivity index (χ0n) is 23.3. The van der Waals surface area contributed by atoms with E-state index in [0.717, 1.165) is 6.07 Å². The van der Waals surface area contributed by atoms with E-state index >= 15 is 0 Å². The first-order valence-corrected chi connectivity index (χ1v) is 14.0. The standard InChI is InChI=1S/C26H33F2N5O4.C2H6/c1-3-30(4-2)25(35)33-11-9-32(10-12-33)24(34)20-17-29-22-19(15-18(27)16-21(22)28)23(20)31-7-5-26(6-8-31)36-13-14-37-26;1-2/h15-17H,3-14H2,1-2H3;1-2H3. The lowest BCUT2D eigenvalue weighted by molar-refractivity contribution is -0.169. The van der Waals surface area contributed by atoms with Crippen molar-refractivity contribution in [1.29, 1.82) is 0 Å². The number of rotatable bonds is 4. The molecule has 0 radical (unpaired) electrons. The molecule has 1 aromatic heterocycles. The maximum atomic E-state index is 14.7. The summed E-state index contributed by atoms with van der Waals surface area (Å²) < 4.78 is 40.7. The van der Waals surface area contributed by atoms with Gasteiger partial charge in [0.25, 0.3) is 5.91 Å². The van der Waals surface area contributed by atoms with Gasteiger partial charge >= 0.3 is 6.03 Å². The van der Waals surface area contributed by atoms with Crippen LogP contribution < -0.4 is 4.90 Å². The number of aromatic nitrogens is 1. The highest BCUT2D eigenvalue weighted by molar-refractivity contribution is 6.07. The van der Waals surface area contributed by atoms with Gasteiger partial charge in [-0.2, -0.15) is 0 Å². The molecule has 1 aromatic carbocycles. The summed E-state index contributed by atoms with van der Waals surface area (Å²) >= 11 is 0. The smallest absolute Gasteiger partial charge is 0.320 e. The minimum absolute atomic E-state index is 0.0243. The topological polar surface area (TPSA) is 78.5 Å². The van der Waals surface area contributed by atoms with Crippen molar-refractivity contribution in [2.75, 3.05) is 70.5 Å². The molecule has 0 bridgehead atoms. The highest BCUT2D eigenvalue weighted by Gasteiger charge is 2.41. The molecule has 0 atom stereocenters. The maximum absolute atomic E-state index is 14.7. The van der Waals surface area contributed by atoms with Gasteiger partial charge in [-0.25, -0.2) is 13.6 Å². The van der Waals surface area contributed by atoms with E-state index in [1.165, 1.54) is 12.3 Å². The average molecular weight is 548 g/mol. The monoisotopic (exact) mass is 547 g/mol. The van der Waals surface area contributed by atoms with Crippen LogP contribution >= 0.6 is 0 Å². The predicted octanol–water partition coefficient (Wildman–Crippen LogP) is 4.10. The zero-order chi connectivity index (χ0) is 28.2. The van der Waals surface area contributed by atoms with Gasteiger partial charge in [-0.1, -0.05) is 13.8 Å². The van der Waals surface area contributed by atoms with Crippen molar-refractivity contribution in [2.45, 2.75) is 46.3 Å². The van der Waals surface area contributed by atoms with Gasteiger partial charge in [0.2, 0.25) is 0 Å². The van der Waals surface area contributed by atoms with Crippen LogP contribution in [0.15, 0.2) is 18.3 Å². The second-order valence-electron chi connectivity index (χ2n) is 9.63. The van der Waals surface area contributed by atoms with E-state index in [-0.39, 0.29) is 22.8 Å². The van der Waals surface area contributed by atoms with Crippen molar-refractivity contribution in [2.24, 2.45) is 0 Å². The first kappa shape index (κ1) is 28.9. The fraction of sp³-hybridized carbons (Fsp3) is 0.607. The van der Waals surface area contributed by atoms with E-state index in [1.807, 2.05) is 32.6 Å². The number of nitrogens with zero attached hydrogens (tertiary/aromatic N) is 5. The number of benzene rings is 1. The summed E-state index contributed by atoms with van der Waals surface area (Å²) in [7, 11) is 0. The van der Waals surface area contributed by atoms with Crippen LogP contribution in [0.3, 0.4) is 0 Å². The number of carbonyl (C=O) groups excluding carboxylic acids is 2. The average Bonchev–Trinajstić information content (AvgIpc) is 3.42. The summed E-state index contributed by atoms with van der Waals surface area (Å²) in [5, 5.41) is 0.267. The Morgan fingerprint density at radius 1 is 0.949 bits per heavy atom. The van der Waals surface area contributed by atoms with Crippen molar-refractivity contribution in [3.8, 4) is 0 Å². The molecule has 2 aromatic rings. The molecule has 3 aliphatic rings. The molecule has 3 saturated heterocycles. The van der Waals surface area contributed by atoms with Crippen molar-refractivity contribution in [3.63, 3.8) is 0 Å². The van der Waals surface area contributed by atoms with Gasteiger partial charge in [-0.3, -0.25) is 9.78 Å². The summed E-state index contributed by atoms with van der Waals surface area (Å²) in [5.41, 5.74) is 0.796. The molecular formula is C28H39F2N5O4. The maximum Gasteiger partial charge on any atom is 0.320 e. The van der Waals surface area contributed by atoms with E-state index in [2.05, 4.69) is 4.98 Å². The van der Waals surface area contributed by atoms with Gasteiger partial charge in [0.1, 0.15) is 11.3 Å². The fourth-order valence-electron chi connectivity index (χ4n) is 5.53. The molecule has 0 aliphatic carbocycles. The second-order valence-corrected chi connectivity index (χ2v) is 9.63. The lowest BCUT2D eigenvalue weighted by atomic mass is 9.99. The van der Waals surface area contributed by atoms with Gasteiger partial charge in [0, 0.05) is 82.8 Å². The number of amides is 3. The molecule has 3 fully saturated rings. The Labute approximate surface area is 228 Å². The molecule has 0 unspecified atom stereocenters. The largest absolute Gasteiger partial charge is 0.370 e. The van der Waals surface area contributed by atoms with Crippen molar-refractivity contribution >= 4 is 28.5 Å². The third-order valence-corrected chi connectivity index (χ3v) is 7.62. The number of hydrogen-bond acceptors (Lipinski definition) is 6. The van der Waals surface area contributed by atoms with Crippen LogP contribution in [0, 0.1) is 11.6 Å². The molecule has 4 heterocycles. The van der Waals surface area contributed by atoms with E-state index < -0.39 is 17.4 Å². The molecular weight excluding hydrogens is 508 g/mol. The Morgan fingerprint density at radius 3 is 2.13 bits per heavy atom. The Bertz CT molecular complexity index is 1170. The first-order valence-electron chi connectivity index (χ1n) is 14.0. The lowest BCUT2D eigenvalue weighted by Crippen LogP contribution is -2.54. The number of urea groups is 1. The van der Waals surface area contributed by atoms with Gasteiger partial charge in [-0.15, -0.1) is 0 Å². The summed E-state index contributed by atoms with van der Waals surface area (Å²) in [4.78, 5) is 37.9. The van der Waals surface area contributed by atoms with Crippen LogP contribution in [0.1, 0.15) is 50.9 Å². The highest BCUT2D eigenvalue weighted by Crippen LogP contribution is 2.38. The molecule has 0 N–H and O–H groups in total. The number of piperazine rings is 1. The SMILES string of the molecule is CC.CCN(CC)C(=O)N1CCN(C(=O)c2cnc3c(F)cc(F)cc3c2N2CCC3(CC2)OCCO3)CC1. The van der Waals surface area contributed by atoms with Crippen molar-refractivity contribution in [1.82, 2.24) is 19.7 Å². The predicted molar refractivity (Wildman–Crippen MR) is 145 cm³/mol. The minimum Gasteiger partial charge on any atom is -0.370 e. The van der Waals surface area contributed by atoms with Crippen LogP contribution in [0.25, 0.3) is 10.9 Å². The number of piperidine rings is 1. The summed E-state index contributed by atoms with van der Waals surface area (Å²) in [5.74, 6) is -2.39. The van der Waals surface area contributed by atoms with Crippen LogP contribution in [-0.2, 0) is 9.47 Å². The molecule has 0 saturated carbocycles. The van der Waals surface area contributed by atoms with Crippen LogP contribution in [0.5, 0.6) is 0 Å². The number of halogens is 2. The van der Waals surface area contributed by atoms with E-state index in [0.29, 0.717) is 89.7 Å². The summed E-state index contributed by atoms with van der Waals surface area (Å²) in [6.45, 7) is 12.8. The van der Waals surface area contributed by atoms with Crippen LogP contribution in [-0.4, -0.2) is 103 Å². The number of carbonyl (C=O) groups is 2. The third kappa shape index (κ3) is 5.79. The molecule has 5 rings (SSSR count). The number of pyridine rings is 1. The Morgan fingerprint density at radius 2 is 1.54 bits per heavy atom. The van der Waals surface area contributed by atoms with Gasteiger partial charge in [0.15, 0.2) is 11.6 Å². The van der Waals surface area contributed by atoms with Crippen molar-refractivity contribution < 1.29 is 27.8 Å². The number of fused-ring (bicyclic) bond motifs is 1. The number of hydrogen-bond donors (Lipinski definition) is 0. The summed E-state index contributed by atoms with van der Waals surface area (Å²) in [6, 6.07) is 2.01. The molecule has 3 amide bonds. The zero-order valence-corrected chi connectivity index (χ0v) is 23.3. The highest BCUT2D eigenvalue weighted by atomic mass is 19.1. The van der Waals surface area contributed by atoms with Crippen molar-refractivity contribution in [3.05, 3.63) is 35.5 Å². The van der Waals surface area contributed by atoms with Gasteiger partial charge in [0.05, 0.1) is 24.5 Å². The Kier molecular flexibility index (Phi) is 9.22. The molecule has 9 nitrogen and oxygen atoms in total. The third-order valence-electron chi connectivity index (χ3n) is 7.62. The molecule has 214 valence electrons. The lowest BCUT2D eigenvalue weighted by Gasteiger charge is -2.40. The van der Waals surface area contributed by atoms with E-state index in [9.17, 15) is 18.4 Å². The molecule has 39 heavy (non-hydrogen) atoms. The van der Waals surface area contributed by atoms with Gasteiger partial charge in [-0.05, 0) is 19.9 Å². The number of ether oxygens (including phenoxy) is 2. The Hall–Kier alpha value is -3.05. The van der Waals surface area contributed by atoms with Crippen LogP contribution in [0.2, 0.25) is 0 Å². The normalized spacial score (nSPS) is 18.8. The number of anilines is 1. The molecule has 11 heteroatoms. The Balaban J connectivity index is 0.00000172. The van der Waals surface area contributed by atoms with Gasteiger partial charge < -0.3 is 29.1 Å². The molecule has 1 spiro atoms. The minimum atomic E-state index is -0.769.